The number of nitrogens with two attached hydrogens (primary N) is 1. The van der Waals surface area contributed by atoms with Crippen molar-refractivity contribution in [2.24, 2.45) is 5.73 Å². The molecule has 1 rings (SSSR count). The van der Waals surface area contributed by atoms with Crippen molar-refractivity contribution < 1.29 is 18.6 Å². The van der Waals surface area contributed by atoms with E-state index in [4.69, 9.17) is 15.6 Å². The molecule has 3 nitrogen and oxygen atoms in total. The van der Waals surface area contributed by atoms with Crippen molar-refractivity contribution in [3.8, 4) is 5.75 Å². The Morgan fingerprint density at radius 3 is 2.59 bits per heavy atom. The van der Waals surface area contributed by atoms with Gasteiger partial charge in [0.25, 0.3) is 5.92 Å². The van der Waals surface area contributed by atoms with E-state index in [-0.39, 0.29) is 23.7 Å². The van der Waals surface area contributed by atoms with Crippen LogP contribution in [-0.2, 0) is 0 Å². The molecule has 0 spiro atoms. The standard InChI is InChI=1S/C10H12BrF2NO2.ClH/c1-16-8-3-2-6(11)4-7(8)9(14)10(12,13)5-15;/h2-4,9,15H,5,14H2,1H3;1H/t9-;/m1./s1. The van der Waals surface area contributed by atoms with E-state index in [1.807, 2.05) is 0 Å². The summed E-state index contributed by atoms with van der Waals surface area (Å²) in [5, 5.41) is 8.58. The lowest BCUT2D eigenvalue weighted by Gasteiger charge is -2.23. The monoisotopic (exact) mass is 331 g/mol. The fourth-order valence-corrected chi connectivity index (χ4v) is 1.65. The van der Waals surface area contributed by atoms with Crippen LogP contribution in [-0.4, -0.2) is 24.7 Å². The number of alkyl halides is 2. The summed E-state index contributed by atoms with van der Waals surface area (Å²) >= 11 is 3.16. The average molecular weight is 333 g/mol. The fourth-order valence-electron chi connectivity index (χ4n) is 1.27. The summed E-state index contributed by atoms with van der Waals surface area (Å²) < 4.78 is 32.0. The van der Waals surface area contributed by atoms with Crippen molar-refractivity contribution in [1.82, 2.24) is 0 Å². The van der Waals surface area contributed by atoms with E-state index < -0.39 is 18.6 Å². The van der Waals surface area contributed by atoms with E-state index in [0.29, 0.717) is 4.47 Å². The Bertz CT molecular complexity index is 379. The highest BCUT2D eigenvalue weighted by atomic mass is 79.9. The molecule has 98 valence electrons. The van der Waals surface area contributed by atoms with Crippen LogP contribution < -0.4 is 10.5 Å². The summed E-state index contributed by atoms with van der Waals surface area (Å²) in [7, 11) is 1.37. The Hall–Kier alpha value is -0.430. The second-order valence-corrected chi connectivity index (χ2v) is 4.20. The predicted molar refractivity (Wildman–Crippen MR) is 66.9 cm³/mol. The molecule has 0 aliphatic carbocycles. The molecule has 0 heterocycles. The largest absolute Gasteiger partial charge is 0.496 e. The Kier molecular flexibility index (Phi) is 6.32. The number of hydrogen-bond donors (Lipinski definition) is 2. The molecular formula is C10H13BrClF2NO2. The summed E-state index contributed by atoms with van der Waals surface area (Å²) in [6, 6.07) is 3.04. The van der Waals surface area contributed by atoms with Gasteiger partial charge in [-0.3, -0.25) is 0 Å². The van der Waals surface area contributed by atoms with Gasteiger partial charge in [0.2, 0.25) is 0 Å². The lowest BCUT2D eigenvalue weighted by molar-refractivity contribution is -0.0715. The number of benzene rings is 1. The minimum atomic E-state index is -3.38. The van der Waals surface area contributed by atoms with Gasteiger partial charge in [-0.05, 0) is 18.2 Å². The number of aliphatic hydroxyl groups excluding tert-OH is 1. The SMILES string of the molecule is COc1ccc(Br)cc1[C@@H](N)C(F)(F)CO.Cl. The third-order valence-electron chi connectivity index (χ3n) is 2.19. The first-order valence-corrected chi connectivity index (χ1v) is 5.29. The van der Waals surface area contributed by atoms with Gasteiger partial charge in [0.1, 0.15) is 18.4 Å². The maximum absolute atomic E-state index is 13.2. The highest BCUT2D eigenvalue weighted by Gasteiger charge is 2.38. The molecule has 1 atom stereocenters. The topological polar surface area (TPSA) is 55.5 Å². The Balaban J connectivity index is 0.00000256. The number of aliphatic hydroxyl groups is 1. The van der Waals surface area contributed by atoms with Crippen LogP contribution in [0.2, 0.25) is 0 Å². The Labute approximate surface area is 112 Å². The van der Waals surface area contributed by atoms with Crippen LogP contribution in [0.25, 0.3) is 0 Å². The first kappa shape index (κ1) is 16.6. The van der Waals surface area contributed by atoms with Gasteiger partial charge >= 0.3 is 0 Å². The van der Waals surface area contributed by atoms with E-state index in [9.17, 15) is 8.78 Å². The van der Waals surface area contributed by atoms with Crippen molar-refractivity contribution in [3.63, 3.8) is 0 Å². The highest BCUT2D eigenvalue weighted by molar-refractivity contribution is 9.10. The molecule has 0 amide bonds. The zero-order chi connectivity index (χ0) is 12.3. The lowest BCUT2D eigenvalue weighted by atomic mass is 10.0. The molecule has 0 saturated carbocycles. The van der Waals surface area contributed by atoms with Gasteiger partial charge in [0, 0.05) is 10.0 Å². The maximum Gasteiger partial charge on any atom is 0.289 e. The molecule has 0 fully saturated rings. The van der Waals surface area contributed by atoms with Crippen LogP contribution in [0.15, 0.2) is 22.7 Å². The predicted octanol–water partition coefficient (Wildman–Crippen LogP) is 2.51. The molecular weight excluding hydrogens is 319 g/mol. The second-order valence-electron chi connectivity index (χ2n) is 3.28. The summed E-state index contributed by atoms with van der Waals surface area (Å²) in [5.74, 6) is -3.11. The second kappa shape index (κ2) is 6.49. The number of halogens is 4. The van der Waals surface area contributed by atoms with E-state index in [1.54, 1.807) is 6.07 Å². The molecule has 1 aromatic rings. The van der Waals surface area contributed by atoms with Crippen molar-refractivity contribution in [1.29, 1.82) is 0 Å². The van der Waals surface area contributed by atoms with Crippen LogP contribution in [0.4, 0.5) is 8.78 Å². The van der Waals surface area contributed by atoms with E-state index >= 15 is 0 Å². The number of hydrogen-bond acceptors (Lipinski definition) is 3. The third-order valence-corrected chi connectivity index (χ3v) is 2.69. The average Bonchev–Trinajstić information content (AvgIpc) is 2.28. The quantitative estimate of drug-likeness (QED) is 0.891. The van der Waals surface area contributed by atoms with E-state index in [1.165, 1.54) is 19.2 Å². The molecule has 0 aliphatic rings. The van der Waals surface area contributed by atoms with Crippen LogP contribution in [0, 0.1) is 0 Å². The van der Waals surface area contributed by atoms with Crippen molar-refractivity contribution >= 4 is 28.3 Å². The van der Waals surface area contributed by atoms with Gasteiger partial charge < -0.3 is 15.6 Å². The van der Waals surface area contributed by atoms with Crippen molar-refractivity contribution in [2.75, 3.05) is 13.7 Å². The minimum absolute atomic E-state index is 0. The first-order chi connectivity index (χ1) is 7.42. The van der Waals surface area contributed by atoms with Gasteiger partial charge in [0.05, 0.1) is 7.11 Å². The molecule has 0 radical (unpaired) electrons. The van der Waals surface area contributed by atoms with Gasteiger partial charge in [-0.1, -0.05) is 15.9 Å². The first-order valence-electron chi connectivity index (χ1n) is 4.50. The molecule has 1 aromatic carbocycles. The zero-order valence-corrected chi connectivity index (χ0v) is 11.4. The molecule has 0 bridgehead atoms. The lowest BCUT2D eigenvalue weighted by Crippen LogP contribution is -2.36. The van der Waals surface area contributed by atoms with Crippen LogP contribution >= 0.6 is 28.3 Å². The molecule has 0 aromatic heterocycles. The fraction of sp³-hybridized carbons (Fsp3) is 0.400. The Morgan fingerprint density at radius 1 is 1.53 bits per heavy atom. The normalized spacial score (nSPS) is 12.8. The zero-order valence-electron chi connectivity index (χ0n) is 8.99. The molecule has 0 saturated heterocycles. The molecule has 7 heteroatoms. The molecule has 0 aliphatic heterocycles. The van der Waals surface area contributed by atoms with Crippen LogP contribution in [0.3, 0.4) is 0 Å². The van der Waals surface area contributed by atoms with Gasteiger partial charge in [-0.25, -0.2) is 8.78 Å². The summed E-state index contributed by atoms with van der Waals surface area (Å²) in [6.07, 6.45) is 0. The number of methoxy groups -OCH3 is 1. The van der Waals surface area contributed by atoms with Gasteiger partial charge in [-0.2, -0.15) is 0 Å². The van der Waals surface area contributed by atoms with Crippen molar-refractivity contribution in [2.45, 2.75) is 12.0 Å². The summed E-state index contributed by atoms with van der Waals surface area (Å²) in [4.78, 5) is 0. The van der Waals surface area contributed by atoms with Crippen LogP contribution in [0.1, 0.15) is 11.6 Å². The summed E-state index contributed by atoms with van der Waals surface area (Å²) in [5.41, 5.74) is 5.57. The smallest absolute Gasteiger partial charge is 0.289 e. The summed E-state index contributed by atoms with van der Waals surface area (Å²) in [6.45, 7) is -1.30. The van der Waals surface area contributed by atoms with E-state index in [0.717, 1.165) is 0 Å². The van der Waals surface area contributed by atoms with Crippen molar-refractivity contribution in [3.05, 3.63) is 28.2 Å². The third kappa shape index (κ3) is 3.77. The molecule has 3 N–H and O–H groups in total. The highest BCUT2D eigenvalue weighted by Crippen LogP contribution is 2.35. The Morgan fingerprint density at radius 2 is 2.12 bits per heavy atom. The maximum atomic E-state index is 13.2. The minimum Gasteiger partial charge on any atom is -0.496 e. The van der Waals surface area contributed by atoms with E-state index in [2.05, 4.69) is 15.9 Å². The number of rotatable bonds is 4. The van der Waals surface area contributed by atoms with Gasteiger partial charge in [0.15, 0.2) is 0 Å². The number of ether oxygens (including phenoxy) is 1. The van der Waals surface area contributed by atoms with Gasteiger partial charge in [-0.15, -0.1) is 12.4 Å². The molecule has 0 unspecified atom stereocenters. The molecule has 17 heavy (non-hydrogen) atoms. The van der Waals surface area contributed by atoms with Crippen LogP contribution in [0.5, 0.6) is 5.75 Å².